The molecule has 5 atom stereocenters. The largest absolute Gasteiger partial charge is 0.350 e. The van der Waals surface area contributed by atoms with Gasteiger partial charge in [0.05, 0.1) is 0 Å². The third-order valence-electron chi connectivity index (χ3n) is 8.06. The van der Waals surface area contributed by atoms with E-state index in [1.807, 2.05) is 18.2 Å². The summed E-state index contributed by atoms with van der Waals surface area (Å²) in [5.74, 6) is 2.40. The molecule has 2 N–H and O–H groups in total. The van der Waals surface area contributed by atoms with E-state index in [1.165, 1.54) is 11.1 Å². The molecule has 170 valence electrons. The van der Waals surface area contributed by atoms with Crippen molar-refractivity contribution in [1.29, 1.82) is 0 Å². The van der Waals surface area contributed by atoms with Crippen molar-refractivity contribution in [2.45, 2.75) is 51.7 Å². The zero-order valence-corrected chi connectivity index (χ0v) is 19.7. The smallest absolute Gasteiger partial charge is 0.240 e. The van der Waals surface area contributed by atoms with Crippen LogP contribution in [0.1, 0.15) is 37.0 Å². The lowest BCUT2D eigenvalue weighted by Crippen LogP contribution is -2.74. The first kappa shape index (κ1) is 21.7. The van der Waals surface area contributed by atoms with E-state index in [2.05, 4.69) is 72.7 Å². The zero-order valence-electron chi connectivity index (χ0n) is 19.7. The molecule has 3 heterocycles. The van der Waals surface area contributed by atoms with Gasteiger partial charge in [0.2, 0.25) is 5.91 Å². The first-order valence-electron chi connectivity index (χ1n) is 12.3. The third kappa shape index (κ3) is 3.88. The molecule has 1 amide bonds. The lowest BCUT2D eigenvalue weighted by Gasteiger charge is -2.56. The fraction of sp³-hybridized carbons (Fsp3) is 0.536. The van der Waals surface area contributed by atoms with E-state index in [0.717, 1.165) is 38.0 Å². The quantitative estimate of drug-likeness (QED) is 0.701. The molecular formula is C28H37N3O. The maximum absolute atomic E-state index is 13.9. The van der Waals surface area contributed by atoms with Crippen molar-refractivity contribution >= 4 is 5.91 Å². The van der Waals surface area contributed by atoms with Gasteiger partial charge in [-0.2, -0.15) is 0 Å². The van der Waals surface area contributed by atoms with E-state index < -0.39 is 5.54 Å². The van der Waals surface area contributed by atoms with Gasteiger partial charge in [-0.3, -0.25) is 9.69 Å². The van der Waals surface area contributed by atoms with E-state index in [1.54, 1.807) is 0 Å². The highest BCUT2D eigenvalue weighted by molar-refractivity contribution is 5.87. The van der Waals surface area contributed by atoms with Crippen molar-refractivity contribution in [3.05, 3.63) is 71.3 Å². The minimum Gasteiger partial charge on any atom is -0.350 e. The standard InChI is InChI=1S/C28H37N3O/c1-19(2)17-31-18-23-14-28(27(32)29-15-21-9-5-4-6-10-21)25(26(31)24(23)16-30-28)13-22-11-7-8-20(3)12-22/h4-12,19,23-26,30H,13-18H2,1-3H3,(H,29,32)/t23-,24-,25+,26-,28+/m1/s1. The van der Waals surface area contributed by atoms with Crippen LogP contribution in [-0.2, 0) is 17.8 Å². The Bertz CT molecular complexity index is 958. The van der Waals surface area contributed by atoms with Crippen molar-refractivity contribution < 1.29 is 4.79 Å². The molecule has 4 heteroatoms. The number of nitrogens with one attached hydrogen (secondary N) is 2. The molecule has 2 aromatic carbocycles. The SMILES string of the molecule is Cc1cccc(C[C@H]2[C@H]3[C@@H]4CN[C@@]2(C(=O)NCc2ccccc2)C[C@@H]4CN3CC(C)C)c1. The molecule has 3 saturated heterocycles. The van der Waals surface area contributed by atoms with E-state index in [9.17, 15) is 4.79 Å². The van der Waals surface area contributed by atoms with Crippen LogP contribution in [0, 0.1) is 30.6 Å². The predicted molar refractivity (Wildman–Crippen MR) is 129 cm³/mol. The van der Waals surface area contributed by atoms with Crippen molar-refractivity contribution in [2.24, 2.45) is 23.7 Å². The zero-order chi connectivity index (χ0) is 22.3. The molecule has 4 bridgehead atoms. The summed E-state index contributed by atoms with van der Waals surface area (Å²) in [7, 11) is 0. The van der Waals surface area contributed by atoms with Crippen LogP contribution < -0.4 is 10.6 Å². The monoisotopic (exact) mass is 431 g/mol. The Labute approximate surface area is 192 Å². The molecule has 32 heavy (non-hydrogen) atoms. The Morgan fingerprint density at radius 2 is 1.94 bits per heavy atom. The molecule has 4 nitrogen and oxygen atoms in total. The van der Waals surface area contributed by atoms with Gasteiger partial charge < -0.3 is 10.6 Å². The number of benzene rings is 2. The molecule has 3 aliphatic heterocycles. The van der Waals surface area contributed by atoms with Crippen LogP contribution in [0.3, 0.4) is 0 Å². The molecule has 4 fully saturated rings. The summed E-state index contributed by atoms with van der Waals surface area (Å²) in [6, 6.07) is 19.6. The summed E-state index contributed by atoms with van der Waals surface area (Å²) in [4.78, 5) is 16.6. The molecule has 2 aromatic rings. The van der Waals surface area contributed by atoms with Crippen LogP contribution in [0.5, 0.6) is 0 Å². The molecule has 0 spiro atoms. The van der Waals surface area contributed by atoms with Crippen molar-refractivity contribution in [3.8, 4) is 0 Å². The van der Waals surface area contributed by atoms with Crippen LogP contribution in [0.4, 0.5) is 0 Å². The first-order valence-corrected chi connectivity index (χ1v) is 12.3. The van der Waals surface area contributed by atoms with Crippen molar-refractivity contribution in [2.75, 3.05) is 19.6 Å². The Kier molecular flexibility index (Phi) is 5.85. The van der Waals surface area contributed by atoms with Crippen LogP contribution in [0.15, 0.2) is 54.6 Å². The highest BCUT2D eigenvalue weighted by atomic mass is 16.2. The number of piperidine rings is 2. The van der Waals surface area contributed by atoms with Gasteiger partial charge in [-0.1, -0.05) is 74.0 Å². The molecule has 0 radical (unpaired) electrons. The van der Waals surface area contributed by atoms with E-state index in [0.29, 0.717) is 30.3 Å². The number of carbonyl (C=O) groups excluding carboxylic acids is 1. The molecule has 0 aromatic heterocycles. The van der Waals surface area contributed by atoms with Crippen LogP contribution in [0.25, 0.3) is 0 Å². The Balaban J connectivity index is 1.45. The lowest BCUT2D eigenvalue weighted by molar-refractivity contribution is -0.138. The van der Waals surface area contributed by atoms with Crippen molar-refractivity contribution in [1.82, 2.24) is 15.5 Å². The number of hydrogen-bond acceptors (Lipinski definition) is 3. The normalized spacial score (nSPS) is 31.2. The summed E-state index contributed by atoms with van der Waals surface area (Å²) in [5, 5.41) is 7.11. The average molecular weight is 432 g/mol. The lowest BCUT2D eigenvalue weighted by atomic mass is 9.58. The molecule has 1 aliphatic carbocycles. The Morgan fingerprint density at radius 3 is 2.69 bits per heavy atom. The number of nitrogens with zero attached hydrogens (tertiary/aromatic N) is 1. The summed E-state index contributed by atoms with van der Waals surface area (Å²) >= 11 is 0. The van der Waals surface area contributed by atoms with Gasteiger partial charge in [0.1, 0.15) is 5.54 Å². The van der Waals surface area contributed by atoms with Crippen molar-refractivity contribution in [3.63, 3.8) is 0 Å². The van der Waals surface area contributed by atoms with Gasteiger partial charge in [-0.25, -0.2) is 0 Å². The number of likely N-dealkylation sites (tertiary alicyclic amines) is 1. The van der Waals surface area contributed by atoms with E-state index >= 15 is 0 Å². The van der Waals surface area contributed by atoms with Gasteiger partial charge >= 0.3 is 0 Å². The fourth-order valence-electron chi connectivity index (χ4n) is 6.85. The molecule has 1 saturated carbocycles. The maximum atomic E-state index is 13.9. The highest BCUT2D eigenvalue weighted by Gasteiger charge is 2.64. The fourth-order valence-corrected chi connectivity index (χ4v) is 6.85. The molecule has 6 rings (SSSR count). The summed E-state index contributed by atoms with van der Waals surface area (Å²) in [5.41, 5.74) is 3.32. The topological polar surface area (TPSA) is 44.4 Å². The van der Waals surface area contributed by atoms with E-state index in [-0.39, 0.29) is 11.8 Å². The van der Waals surface area contributed by atoms with Gasteiger partial charge in [-0.05, 0) is 48.6 Å². The van der Waals surface area contributed by atoms with Gasteiger partial charge in [0.15, 0.2) is 0 Å². The average Bonchev–Trinajstić information content (AvgIpc) is 3.07. The second-order valence-corrected chi connectivity index (χ2v) is 10.8. The highest BCUT2D eigenvalue weighted by Crippen LogP contribution is 2.53. The molecule has 4 aliphatic rings. The minimum atomic E-state index is -0.478. The van der Waals surface area contributed by atoms with Crippen LogP contribution in [0.2, 0.25) is 0 Å². The van der Waals surface area contributed by atoms with Crippen LogP contribution >= 0.6 is 0 Å². The number of rotatable bonds is 7. The molecule has 0 unspecified atom stereocenters. The number of fused-ring (bicyclic) bond motifs is 1. The van der Waals surface area contributed by atoms with Gasteiger partial charge in [-0.15, -0.1) is 0 Å². The molecular weight excluding hydrogens is 394 g/mol. The van der Waals surface area contributed by atoms with Gasteiger partial charge in [0, 0.05) is 38.1 Å². The minimum absolute atomic E-state index is 0.193. The number of amides is 1. The Hall–Kier alpha value is -2.17. The third-order valence-corrected chi connectivity index (χ3v) is 8.06. The number of carbonyl (C=O) groups is 1. The summed E-state index contributed by atoms with van der Waals surface area (Å²) < 4.78 is 0. The van der Waals surface area contributed by atoms with Crippen LogP contribution in [-0.4, -0.2) is 42.0 Å². The maximum Gasteiger partial charge on any atom is 0.240 e. The first-order chi connectivity index (χ1) is 15.5. The summed E-state index contributed by atoms with van der Waals surface area (Å²) in [6.45, 7) is 10.6. The number of aryl methyl sites for hydroxylation is 1. The van der Waals surface area contributed by atoms with E-state index in [4.69, 9.17) is 0 Å². The van der Waals surface area contributed by atoms with Gasteiger partial charge in [0.25, 0.3) is 0 Å². The Morgan fingerprint density at radius 1 is 1.16 bits per heavy atom. The summed E-state index contributed by atoms with van der Waals surface area (Å²) in [6.07, 6.45) is 1.91. The predicted octanol–water partition coefficient (Wildman–Crippen LogP) is 3.79. The second kappa shape index (κ2) is 8.64. The number of hydrogen-bond donors (Lipinski definition) is 2. The second-order valence-electron chi connectivity index (χ2n) is 10.8.